The Morgan fingerprint density at radius 3 is 3.19 bits per heavy atom. The van der Waals surface area contributed by atoms with Crippen LogP contribution in [0.2, 0.25) is 0 Å². The number of nitrogens with one attached hydrogen (secondary N) is 1. The molecule has 2 aromatic rings. The second kappa shape index (κ2) is 5.97. The fourth-order valence-corrected chi connectivity index (χ4v) is 4.30. The highest BCUT2D eigenvalue weighted by molar-refractivity contribution is 7.19. The Morgan fingerprint density at radius 1 is 1.52 bits per heavy atom. The standard InChI is InChI=1S/C15H19N3O2S/c1-9-4-2-5-10-12(9)13-14(16-7-3-6-11(19)20)17-8-18-15(13)21-10/h8-9H,2-7H2,1H3,(H,19,20)(H,16,17,18). The van der Waals surface area contributed by atoms with Crippen LogP contribution in [0.5, 0.6) is 0 Å². The SMILES string of the molecule is CC1CCCc2sc3ncnc(NCCCC(=O)O)c3c21. The molecule has 0 fully saturated rings. The van der Waals surface area contributed by atoms with Crippen LogP contribution in [0.3, 0.4) is 0 Å². The highest BCUT2D eigenvalue weighted by Crippen LogP contribution is 2.43. The van der Waals surface area contributed by atoms with Gasteiger partial charge >= 0.3 is 5.97 Å². The molecule has 2 N–H and O–H groups in total. The van der Waals surface area contributed by atoms with Crippen molar-refractivity contribution in [3.63, 3.8) is 0 Å². The molecule has 21 heavy (non-hydrogen) atoms. The number of anilines is 1. The fourth-order valence-electron chi connectivity index (χ4n) is 3.00. The van der Waals surface area contributed by atoms with Crippen molar-refractivity contribution in [2.24, 2.45) is 0 Å². The van der Waals surface area contributed by atoms with Crippen molar-refractivity contribution < 1.29 is 9.90 Å². The summed E-state index contributed by atoms with van der Waals surface area (Å²) in [6, 6.07) is 0. The van der Waals surface area contributed by atoms with Gasteiger partial charge < -0.3 is 10.4 Å². The highest BCUT2D eigenvalue weighted by atomic mass is 32.1. The Hall–Kier alpha value is -1.69. The Bertz CT molecular complexity index is 668. The van der Waals surface area contributed by atoms with Gasteiger partial charge in [-0.3, -0.25) is 4.79 Å². The number of rotatable bonds is 5. The van der Waals surface area contributed by atoms with Gasteiger partial charge in [-0.1, -0.05) is 6.92 Å². The number of hydrogen-bond acceptors (Lipinski definition) is 5. The lowest BCUT2D eigenvalue weighted by molar-refractivity contribution is -0.137. The van der Waals surface area contributed by atoms with E-state index in [-0.39, 0.29) is 6.42 Å². The Labute approximate surface area is 127 Å². The van der Waals surface area contributed by atoms with Gasteiger partial charge in [0.15, 0.2) is 0 Å². The van der Waals surface area contributed by atoms with E-state index in [2.05, 4.69) is 22.2 Å². The van der Waals surface area contributed by atoms with E-state index in [0.717, 1.165) is 22.5 Å². The number of fused-ring (bicyclic) bond motifs is 3. The van der Waals surface area contributed by atoms with Crippen LogP contribution in [0.15, 0.2) is 6.33 Å². The van der Waals surface area contributed by atoms with E-state index >= 15 is 0 Å². The minimum absolute atomic E-state index is 0.180. The molecule has 1 unspecified atom stereocenters. The molecule has 5 nitrogen and oxygen atoms in total. The summed E-state index contributed by atoms with van der Waals surface area (Å²) in [5.74, 6) is 0.649. The quantitative estimate of drug-likeness (QED) is 0.828. The topological polar surface area (TPSA) is 75.1 Å². The van der Waals surface area contributed by atoms with Crippen LogP contribution in [-0.2, 0) is 11.2 Å². The van der Waals surface area contributed by atoms with E-state index in [9.17, 15) is 4.79 Å². The number of aliphatic carboxylic acids is 1. The highest BCUT2D eigenvalue weighted by Gasteiger charge is 2.24. The number of nitrogens with zero attached hydrogens (tertiary/aromatic N) is 2. The molecule has 3 rings (SSSR count). The van der Waals surface area contributed by atoms with E-state index < -0.39 is 5.97 Å². The summed E-state index contributed by atoms with van der Waals surface area (Å²) < 4.78 is 0. The lowest BCUT2D eigenvalue weighted by Gasteiger charge is -2.19. The number of aromatic nitrogens is 2. The third kappa shape index (κ3) is 2.85. The summed E-state index contributed by atoms with van der Waals surface area (Å²) in [5.41, 5.74) is 1.41. The summed E-state index contributed by atoms with van der Waals surface area (Å²) in [6.45, 7) is 2.89. The van der Waals surface area contributed by atoms with Crippen molar-refractivity contribution >= 4 is 33.3 Å². The second-order valence-corrected chi connectivity index (χ2v) is 6.64. The molecule has 2 heterocycles. The van der Waals surface area contributed by atoms with Crippen LogP contribution in [-0.4, -0.2) is 27.6 Å². The number of carboxylic acids is 1. The molecule has 0 saturated heterocycles. The fraction of sp³-hybridized carbons (Fsp3) is 0.533. The zero-order chi connectivity index (χ0) is 14.8. The van der Waals surface area contributed by atoms with Crippen LogP contribution in [0.4, 0.5) is 5.82 Å². The van der Waals surface area contributed by atoms with Gasteiger partial charge in [0, 0.05) is 17.8 Å². The molecular weight excluding hydrogens is 286 g/mol. The molecule has 1 aliphatic carbocycles. The summed E-state index contributed by atoms with van der Waals surface area (Å²) >= 11 is 1.78. The van der Waals surface area contributed by atoms with Crippen molar-refractivity contribution in [2.75, 3.05) is 11.9 Å². The molecule has 0 saturated carbocycles. The predicted molar refractivity (Wildman–Crippen MR) is 84.1 cm³/mol. The third-order valence-corrected chi connectivity index (χ3v) is 5.17. The van der Waals surface area contributed by atoms with Crippen LogP contribution >= 0.6 is 11.3 Å². The van der Waals surface area contributed by atoms with E-state index in [0.29, 0.717) is 18.9 Å². The maximum Gasteiger partial charge on any atom is 0.303 e. The zero-order valence-electron chi connectivity index (χ0n) is 12.1. The molecule has 0 bridgehead atoms. The molecule has 0 spiro atoms. The van der Waals surface area contributed by atoms with Gasteiger partial charge in [-0.25, -0.2) is 9.97 Å². The predicted octanol–water partition coefficient (Wildman–Crippen LogP) is 3.41. The summed E-state index contributed by atoms with van der Waals surface area (Å²) in [7, 11) is 0. The summed E-state index contributed by atoms with van der Waals surface area (Å²) in [6.07, 6.45) is 5.97. The van der Waals surface area contributed by atoms with Gasteiger partial charge in [0.25, 0.3) is 0 Å². The molecule has 0 radical (unpaired) electrons. The first-order valence-corrected chi connectivity index (χ1v) is 8.20. The number of carbonyl (C=O) groups is 1. The smallest absolute Gasteiger partial charge is 0.303 e. The number of carboxylic acid groups (broad SMARTS) is 1. The lowest BCUT2D eigenvalue weighted by atomic mass is 9.87. The minimum atomic E-state index is -0.758. The lowest BCUT2D eigenvalue weighted by Crippen LogP contribution is -2.08. The Kier molecular flexibility index (Phi) is 4.05. The molecule has 112 valence electrons. The van der Waals surface area contributed by atoms with Gasteiger partial charge in [0.1, 0.15) is 17.0 Å². The van der Waals surface area contributed by atoms with Gasteiger partial charge in [-0.15, -0.1) is 11.3 Å². The molecule has 2 aromatic heterocycles. The Morgan fingerprint density at radius 2 is 2.38 bits per heavy atom. The summed E-state index contributed by atoms with van der Waals surface area (Å²) in [5, 5.41) is 13.1. The average molecular weight is 305 g/mol. The summed E-state index contributed by atoms with van der Waals surface area (Å²) in [4.78, 5) is 21.8. The van der Waals surface area contributed by atoms with E-state index in [1.807, 2.05) is 0 Å². The van der Waals surface area contributed by atoms with Crippen LogP contribution < -0.4 is 5.32 Å². The van der Waals surface area contributed by atoms with Gasteiger partial charge in [0.05, 0.1) is 5.39 Å². The van der Waals surface area contributed by atoms with Crippen molar-refractivity contribution in [1.82, 2.24) is 9.97 Å². The van der Waals surface area contributed by atoms with E-state index in [4.69, 9.17) is 5.11 Å². The minimum Gasteiger partial charge on any atom is -0.481 e. The van der Waals surface area contributed by atoms with Crippen LogP contribution in [0.1, 0.15) is 49.0 Å². The molecule has 1 aliphatic rings. The number of aryl methyl sites for hydroxylation is 1. The number of thiophene rings is 1. The van der Waals surface area contributed by atoms with Crippen LogP contribution in [0, 0.1) is 0 Å². The maximum absolute atomic E-state index is 10.6. The van der Waals surface area contributed by atoms with Crippen molar-refractivity contribution in [3.05, 3.63) is 16.8 Å². The molecule has 0 aliphatic heterocycles. The Balaban J connectivity index is 1.88. The van der Waals surface area contributed by atoms with Gasteiger partial charge in [0.2, 0.25) is 0 Å². The first-order chi connectivity index (χ1) is 10.2. The van der Waals surface area contributed by atoms with Crippen molar-refractivity contribution in [2.45, 2.75) is 44.9 Å². The molecule has 0 amide bonds. The average Bonchev–Trinajstić information content (AvgIpc) is 2.83. The molecular formula is C15H19N3O2S. The van der Waals surface area contributed by atoms with E-state index in [1.165, 1.54) is 23.3 Å². The maximum atomic E-state index is 10.6. The third-order valence-electron chi connectivity index (χ3n) is 4.00. The number of hydrogen-bond donors (Lipinski definition) is 2. The molecule has 1 atom stereocenters. The largest absolute Gasteiger partial charge is 0.481 e. The van der Waals surface area contributed by atoms with Crippen molar-refractivity contribution in [1.29, 1.82) is 0 Å². The van der Waals surface area contributed by atoms with Gasteiger partial charge in [-0.2, -0.15) is 0 Å². The molecule has 0 aromatic carbocycles. The van der Waals surface area contributed by atoms with Gasteiger partial charge in [-0.05, 0) is 37.2 Å². The zero-order valence-corrected chi connectivity index (χ0v) is 12.9. The van der Waals surface area contributed by atoms with Crippen LogP contribution in [0.25, 0.3) is 10.2 Å². The first kappa shape index (κ1) is 14.3. The first-order valence-electron chi connectivity index (χ1n) is 7.38. The normalized spacial score (nSPS) is 17.7. The monoisotopic (exact) mass is 305 g/mol. The molecule has 6 heteroatoms. The second-order valence-electron chi connectivity index (χ2n) is 5.56. The van der Waals surface area contributed by atoms with E-state index in [1.54, 1.807) is 17.7 Å². The van der Waals surface area contributed by atoms with Crippen molar-refractivity contribution in [3.8, 4) is 0 Å².